The average Bonchev–Trinajstić information content (AvgIpc) is 2.69. The van der Waals surface area contributed by atoms with Crippen molar-refractivity contribution in [2.45, 2.75) is 0 Å². The predicted octanol–water partition coefficient (Wildman–Crippen LogP) is 2.02. The van der Waals surface area contributed by atoms with E-state index in [1.165, 1.54) is 24.3 Å². The van der Waals surface area contributed by atoms with Crippen molar-refractivity contribution in [1.29, 1.82) is 0 Å². The lowest BCUT2D eigenvalue weighted by Crippen LogP contribution is -2.51. The third kappa shape index (κ3) is 5.79. The molecule has 7 heteroatoms. The number of para-hydroxylation sites is 1. The Morgan fingerprint density at radius 1 is 0.889 bits per heavy atom. The van der Waals surface area contributed by atoms with E-state index in [4.69, 9.17) is 0 Å². The molecule has 3 rings (SSSR count). The van der Waals surface area contributed by atoms with E-state index in [0.717, 1.165) is 5.69 Å². The predicted molar refractivity (Wildman–Crippen MR) is 103 cm³/mol. The molecule has 0 aliphatic carbocycles. The molecule has 0 atom stereocenters. The minimum Gasteiger partial charge on any atom is -0.376 e. The molecular formula is C20H23FN4O2. The van der Waals surface area contributed by atoms with Crippen LogP contribution < -0.4 is 10.6 Å². The molecule has 2 N–H and O–H groups in total. The normalized spacial score (nSPS) is 14.6. The Morgan fingerprint density at radius 3 is 2.22 bits per heavy atom. The topological polar surface area (TPSA) is 64.7 Å². The third-order valence-corrected chi connectivity index (χ3v) is 4.44. The highest BCUT2D eigenvalue weighted by atomic mass is 19.1. The number of nitrogens with zero attached hydrogens (tertiary/aromatic N) is 2. The Bertz CT molecular complexity index is 759. The Balaban J connectivity index is 1.38. The number of hydrogen-bond acceptors (Lipinski definition) is 4. The van der Waals surface area contributed by atoms with Crippen LogP contribution >= 0.6 is 0 Å². The van der Waals surface area contributed by atoms with Crippen molar-refractivity contribution in [3.8, 4) is 0 Å². The Morgan fingerprint density at radius 2 is 1.56 bits per heavy atom. The molecule has 2 aromatic carbocycles. The van der Waals surface area contributed by atoms with Gasteiger partial charge in [0, 0.05) is 37.6 Å². The number of piperazine rings is 1. The van der Waals surface area contributed by atoms with Crippen molar-refractivity contribution in [3.05, 3.63) is 60.4 Å². The van der Waals surface area contributed by atoms with Gasteiger partial charge in [-0.25, -0.2) is 4.39 Å². The van der Waals surface area contributed by atoms with E-state index in [2.05, 4.69) is 10.6 Å². The molecule has 1 aliphatic heterocycles. The molecule has 1 saturated heterocycles. The minimum atomic E-state index is -0.337. The first-order chi connectivity index (χ1) is 13.1. The maximum Gasteiger partial charge on any atom is 0.241 e. The molecule has 0 aromatic heterocycles. The van der Waals surface area contributed by atoms with Crippen molar-refractivity contribution in [2.24, 2.45) is 0 Å². The van der Waals surface area contributed by atoms with Crippen molar-refractivity contribution in [2.75, 3.05) is 49.9 Å². The summed E-state index contributed by atoms with van der Waals surface area (Å²) in [4.78, 5) is 28.2. The second-order valence-electron chi connectivity index (χ2n) is 6.43. The molecule has 142 valence electrons. The van der Waals surface area contributed by atoms with Gasteiger partial charge in [-0.15, -0.1) is 0 Å². The lowest BCUT2D eigenvalue weighted by atomic mass is 10.2. The number of hydrogen-bond donors (Lipinski definition) is 2. The van der Waals surface area contributed by atoms with E-state index in [1.807, 2.05) is 40.1 Å². The molecule has 0 unspecified atom stereocenters. The van der Waals surface area contributed by atoms with Gasteiger partial charge in [0.1, 0.15) is 5.82 Å². The van der Waals surface area contributed by atoms with Gasteiger partial charge in [-0.1, -0.05) is 18.2 Å². The van der Waals surface area contributed by atoms with Crippen LogP contribution in [0.15, 0.2) is 54.6 Å². The summed E-state index contributed by atoms with van der Waals surface area (Å²) < 4.78 is 12.9. The van der Waals surface area contributed by atoms with Crippen LogP contribution in [0.5, 0.6) is 0 Å². The molecule has 6 nitrogen and oxygen atoms in total. The van der Waals surface area contributed by atoms with Gasteiger partial charge >= 0.3 is 0 Å². The molecule has 2 aromatic rings. The highest BCUT2D eigenvalue weighted by Crippen LogP contribution is 2.09. The number of anilines is 2. The van der Waals surface area contributed by atoms with E-state index in [-0.39, 0.29) is 30.7 Å². The van der Waals surface area contributed by atoms with Crippen LogP contribution in [0.1, 0.15) is 0 Å². The monoisotopic (exact) mass is 370 g/mol. The molecule has 1 aliphatic rings. The second kappa shape index (κ2) is 9.14. The fourth-order valence-corrected chi connectivity index (χ4v) is 2.94. The average molecular weight is 370 g/mol. The summed E-state index contributed by atoms with van der Waals surface area (Å²) >= 11 is 0. The molecule has 1 fully saturated rings. The summed E-state index contributed by atoms with van der Waals surface area (Å²) in [6, 6.07) is 15.3. The van der Waals surface area contributed by atoms with Crippen LogP contribution in [0.25, 0.3) is 0 Å². The Hall–Kier alpha value is -2.93. The first-order valence-corrected chi connectivity index (χ1v) is 8.94. The first kappa shape index (κ1) is 18.8. The van der Waals surface area contributed by atoms with Gasteiger partial charge in [0.25, 0.3) is 0 Å². The van der Waals surface area contributed by atoms with Gasteiger partial charge in [0.05, 0.1) is 13.1 Å². The van der Waals surface area contributed by atoms with E-state index < -0.39 is 0 Å². The lowest BCUT2D eigenvalue weighted by Gasteiger charge is -2.34. The molecule has 0 spiro atoms. The minimum absolute atomic E-state index is 0.0502. The second-order valence-corrected chi connectivity index (χ2v) is 6.43. The molecule has 0 radical (unpaired) electrons. The van der Waals surface area contributed by atoms with Crippen LogP contribution in [0, 0.1) is 5.82 Å². The van der Waals surface area contributed by atoms with Crippen LogP contribution in [-0.4, -0.2) is 60.9 Å². The summed E-state index contributed by atoms with van der Waals surface area (Å²) in [6.07, 6.45) is 0. The summed E-state index contributed by atoms with van der Waals surface area (Å²) in [5, 5.41) is 5.87. The number of carbonyl (C=O) groups excluding carboxylic acids is 2. The van der Waals surface area contributed by atoms with Gasteiger partial charge in [0.2, 0.25) is 11.8 Å². The summed E-state index contributed by atoms with van der Waals surface area (Å²) in [6.45, 7) is 3.00. The van der Waals surface area contributed by atoms with Crippen molar-refractivity contribution >= 4 is 23.2 Å². The van der Waals surface area contributed by atoms with E-state index in [1.54, 1.807) is 0 Å². The number of amides is 2. The number of halogens is 1. The van der Waals surface area contributed by atoms with E-state index in [9.17, 15) is 14.0 Å². The maximum absolute atomic E-state index is 12.9. The molecular weight excluding hydrogens is 347 g/mol. The Labute approximate surface area is 158 Å². The lowest BCUT2D eigenvalue weighted by molar-refractivity contribution is -0.131. The van der Waals surface area contributed by atoms with Gasteiger partial charge in [-0.05, 0) is 36.4 Å². The zero-order valence-corrected chi connectivity index (χ0v) is 15.0. The smallest absolute Gasteiger partial charge is 0.241 e. The summed E-state index contributed by atoms with van der Waals surface area (Å²) in [7, 11) is 0. The number of nitrogens with one attached hydrogen (secondary N) is 2. The quantitative estimate of drug-likeness (QED) is 0.817. The van der Waals surface area contributed by atoms with Crippen molar-refractivity contribution < 1.29 is 14.0 Å². The van der Waals surface area contributed by atoms with Crippen LogP contribution in [-0.2, 0) is 9.59 Å². The van der Waals surface area contributed by atoms with Crippen LogP contribution in [0.2, 0.25) is 0 Å². The summed E-state index contributed by atoms with van der Waals surface area (Å²) in [5.74, 6) is -0.433. The van der Waals surface area contributed by atoms with Gasteiger partial charge < -0.3 is 15.5 Å². The highest BCUT2D eigenvalue weighted by Gasteiger charge is 2.22. The third-order valence-electron chi connectivity index (χ3n) is 4.44. The number of rotatable bonds is 6. The zero-order valence-electron chi connectivity index (χ0n) is 15.0. The fourth-order valence-electron chi connectivity index (χ4n) is 2.94. The molecule has 1 heterocycles. The molecule has 2 amide bonds. The Kier molecular flexibility index (Phi) is 6.38. The number of carbonyl (C=O) groups is 2. The van der Waals surface area contributed by atoms with Gasteiger partial charge in [0.15, 0.2) is 0 Å². The van der Waals surface area contributed by atoms with Crippen molar-refractivity contribution in [3.63, 3.8) is 0 Å². The van der Waals surface area contributed by atoms with Crippen LogP contribution in [0.3, 0.4) is 0 Å². The van der Waals surface area contributed by atoms with Crippen molar-refractivity contribution in [1.82, 2.24) is 9.80 Å². The van der Waals surface area contributed by atoms with Crippen LogP contribution in [0.4, 0.5) is 15.8 Å². The molecule has 0 saturated carbocycles. The maximum atomic E-state index is 12.9. The van der Waals surface area contributed by atoms with E-state index >= 15 is 0 Å². The molecule has 27 heavy (non-hydrogen) atoms. The van der Waals surface area contributed by atoms with Gasteiger partial charge in [-0.3, -0.25) is 14.5 Å². The van der Waals surface area contributed by atoms with Gasteiger partial charge in [-0.2, -0.15) is 0 Å². The fraction of sp³-hybridized carbons (Fsp3) is 0.300. The molecule has 0 bridgehead atoms. The standard InChI is InChI=1S/C20H23FN4O2/c21-16-6-8-18(9-7-16)23-19(26)15-24-10-12-25(13-11-24)20(27)14-22-17-4-2-1-3-5-17/h1-9,22H,10-15H2,(H,23,26). The first-order valence-electron chi connectivity index (χ1n) is 8.94. The van der Waals surface area contributed by atoms with E-state index in [0.29, 0.717) is 31.9 Å². The number of benzene rings is 2. The largest absolute Gasteiger partial charge is 0.376 e. The zero-order chi connectivity index (χ0) is 19.1. The highest BCUT2D eigenvalue weighted by molar-refractivity contribution is 5.92. The SMILES string of the molecule is O=C(CN1CCN(C(=O)CNc2ccccc2)CC1)Nc1ccc(F)cc1. The summed E-state index contributed by atoms with van der Waals surface area (Å²) in [5.41, 5.74) is 1.49.